The lowest BCUT2D eigenvalue weighted by atomic mass is 10.5. The number of carboxylic acids is 1. The van der Waals surface area contributed by atoms with Crippen LogP contribution in [0.1, 0.15) is 10.5 Å². The molecule has 0 saturated heterocycles. The summed E-state index contributed by atoms with van der Waals surface area (Å²) in [5.41, 5.74) is -0.354. The second-order valence-electron chi connectivity index (χ2n) is 2.94. The molecule has 0 saturated carbocycles. The van der Waals surface area contributed by atoms with E-state index in [4.69, 9.17) is 5.11 Å². The maximum absolute atomic E-state index is 11.3. The van der Waals surface area contributed by atoms with Crippen molar-refractivity contribution in [3.05, 3.63) is 32.9 Å². The summed E-state index contributed by atoms with van der Waals surface area (Å²) in [7, 11) is 1.53. The van der Waals surface area contributed by atoms with Crippen LogP contribution in [0.15, 0.2) is 21.7 Å². The van der Waals surface area contributed by atoms with E-state index in [2.05, 4.69) is 20.9 Å². The number of fused-ring (bicyclic) bond motifs is 1. The summed E-state index contributed by atoms with van der Waals surface area (Å²) in [5, 5.41) is 8.83. The standard InChI is InChI=1S/C8H6BrN3O3/c1-11-4(13)2-3-12-6(9)5(7(14)15)10-8(11)12/h2-3H,1H3,(H,14,15). The van der Waals surface area contributed by atoms with Crippen LogP contribution in [0.5, 0.6) is 0 Å². The summed E-state index contributed by atoms with van der Waals surface area (Å²) < 4.78 is 3.09. The lowest BCUT2D eigenvalue weighted by Crippen LogP contribution is -2.17. The summed E-state index contributed by atoms with van der Waals surface area (Å²) in [6.07, 6.45) is 1.47. The van der Waals surface area contributed by atoms with Crippen LogP contribution in [0.3, 0.4) is 0 Å². The smallest absolute Gasteiger partial charge is 0.357 e. The van der Waals surface area contributed by atoms with Crippen molar-refractivity contribution in [3.63, 3.8) is 0 Å². The molecule has 0 aliphatic rings. The minimum absolute atomic E-state index is 0.115. The number of aromatic nitrogens is 3. The normalized spacial score (nSPS) is 10.8. The van der Waals surface area contributed by atoms with Crippen molar-refractivity contribution in [3.8, 4) is 0 Å². The Hall–Kier alpha value is -1.63. The molecular formula is C8H6BrN3O3. The van der Waals surface area contributed by atoms with E-state index in [9.17, 15) is 9.59 Å². The van der Waals surface area contributed by atoms with Gasteiger partial charge in [0.25, 0.3) is 5.56 Å². The van der Waals surface area contributed by atoms with Crippen LogP contribution >= 0.6 is 15.9 Å². The van der Waals surface area contributed by atoms with E-state index in [0.717, 1.165) is 0 Å². The molecule has 1 N–H and O–H groups in total. The summed E-state index contributed by atoms with van der Waals surface area (Å²) in [6.45, 7) is 0. The first-order valence-electron chi connectivity index (χ1n) is 3.99. The van der Waals surface area contributed by atoms with Gasteiger partial charge in [0.2, 0.25) is 5.78 Å². The van der Waals surface area contributed by atoms with Crippen molar-refractivity contribution in [2.24, 2.45) is 7.05 Å². The van der Waals surface area contributed by atoms with Crippen LogP contribution in [-0.2, 0) is 7.05 Å². The number of hydrogen-bond donors (Lipinski definition) is 1. The van der Waals surface area contributed by atoms with Crippen LogP contribution in [0.4, 0.5) is 0 Å². The Kier molecular flexibility index (Phi) is 2.11. The fourth-order valence-electron chi connectivity index (χ4n) is 1.26. The molecule has 2 aromatic heterocycles. The van der Waals surface area contributed by atoms with Crippen molar-refractivity contribution in [1.29, 1.82) is 0 Å². The lowest BCUT2D eigenvalue weighted by molar-refractivity contribution is 0.0690. The van der Waals surface area contributed by atoms with E-state index in [1.165, 1.54) is 28.3 Å². The number of rotatable bonds is 1. The topological polar surface area (TPSA) is 76.6 Å². The molecule has 2 aromatic rings. The van der Waals surface area contributed by atoms with Crippen LogP contribution in [0, 0.1) is 0 Å². The third-order valence-corrected chi connectivity index (χ3v) is 2.79. The second kappa shape index (κ2) is 3.20. The number of halogens is 1. The molecule has 0 atom stereocenters. The Morgan fingerprint density at radius 3 is 2.87 bits per heavy atom. The number of carboxylic acid groups (broad SMARTS) is 1. The summed E-state index contributed by atoms with van der Waals surface area (Å²) in [4.78, 5) is 25.9. The predicted octanol–water partition coefficient (Wildman–Crippen LogP) is 0.494. The van der Waals surface area contributed by atoms with Gasteiger partial charge in [0.1, 0.15) is 4.60 Å². The van der Waals surface area contributed by atoms with E-state index in [-0.39, 0.29) is 17.0 Å². The Labute approximate surface area is 91.9 Å². The summed E-state index contributed by atoms with van der Waals surface area (Å²) >= 11 is 3.12. The molecule has 0 fully saturated rings. The number of nitrogens with zero attached hydrogens (tertiary/aromatic N) is 3. The first-order valence-corrected chi connectivity index (χ1v) is 4.78. The Bertz CT molecular complexity index is 613. The van der Waals surface area contributed by atoms with Gasteiger partial charge in [-0.15, -0.1) is 0 Å². The van der Waals surface area contributed by atoms with Gasteiger partial charge in [-0.3, -0.25) is 13.8 Å². The Morgan fingerprint density at radius 2 is 2.27 bits per heavy atom. The average molecular weight is 272 g/mol. The highest BCUT2D eigenvalue weighted by molar-refractivity contribution is 9.10. The Morgan fingerprint density at radius 1 is 1.60 bits per heavy atom. The predicted molar refractivity (Wildman–Crippen MR) is 55.1 cm³/mol. The third kappa shape index (κ3) is 1.35. The molecule has 2 rings (SSSR count). The molecular weight excluding hydrogens is 266 g/mol. The molecule has 0 amide bonds. The monoisotopic (exact) mass is 271 g/mol. The zero-order chi connectivity index (χ0) is 11.2. The van der Waals surface area contributed by atoms with Gasteiger partial charge in [-0.2, -0.15) is 0 Å². The van der Waals surface area contributed by atoms with Gasteiger partial charge in [0, 0.05) is 19.3 Å². The quantitative estimate of drug-likeness (QED) is 0.819. The number of carbonyl (C=O) groups is 1. The fourth-order valence-corrected chi connectivity index (χ4v) is 1.79. The van der Waals surface area contributed by atoms with Crippen molar-refractivity contribution in [2.75, 3.05) is 0 Å². The van der Waals surface area contributed by atoms with Gasteiger partial charge in [-0.25, -0.2) is 9.78 Å². The zero-order valence-electron chi connectivity index (χ0n) is 7.64. The first-order chi connectivity index (χ1) is 7.02. The number of aromatic carboxylic acids is 1. The van der Waals surface area contributed by atoms with Gasteiger partial charge in [0.05, 0.1) is 0 Å². The van der Waals surface area contributed by atoms with Crippen molar-refractivity contribution < 1.29 is 9.90 Å². The van der Waals surface area contributed by atoms with Crippen molar-refractivity contribution in [1.82, 2.24) is 14.0 Å². The lowest BCUT2D eigenvalue weighted by Gasteiger charge is -1.98. The summed E-state index contributed by atoms with van der Waals surface area (Å²) in [6, 6.07) is 1.34. The van der Waals surface area contributed by atoms with E-state index >= 15 is 0 Å². The highest BCUT2D eigenvalue weighted by Gasteiger charge is 2.17. The molecule has 0 aliphatic carbocycles. The minimum Gasteiger partial charge on any atom is -0.476 e. The SMILES string of the molecule is Cn1c(=O)ccn2c(Br)c(C(=O)O)nc12. The molecule has 7 heteroatoms. The number of aryl methyl sites for hydroxylation is 1. The van der Waals surface area contributed by atoms with Gasteiger partial charge in [0.15, 0.2) is 5.69 Å². The van der Waals surface area contributed by atoms with E-state index in [0.29, 0.717) is 4.60 Å². The molecule has 0 spiro atoms. The highest BCUT2D eigenvalue weighted by Crippen LogP contribution is 2.17. The van der Waals surface area contributed by atoms with Crippen molar-refractivity contribution in [2.45, 2.75) is 0 Å². The largest absolute Gasteiger partial charge is 0.476 e. The van der Waals surface area contributed by atoms with Crippen molar-refractivity contribution >= 4 is 27.7 Å². The van der Waals surface area contributed by atoms with Gasteiger partial charge < -0.3 is 5.11 Å². The maximum atomic E-state index is 11.3. The van der Waals surface area contributed by atoms with Crippen LogP contribution in [0.2, 0.25) is 0 Å². The molecule has 0 bridgehead atoms. The molecule has 0 aromatic carbocycles. The molecule has 0 unspecified atom stereocenters. The maximum Gasteiger partial charge on any atom is 0.357 e. The zero-order valence-corrected chi connectivity index (χ0v) is 9.22. The fraction of sp³-hybridized carbons (Fsp3) is 0.125. The average Bonchev–Trinajstić information content (AvgIpc) is 2.51. The van der Waals surface area contributed by atoms with E-state index in [1.54, 1.807) is 0 Å². The van der Waals surface area contributed by atoms with E-state index in [1.807, 2.05) is 0 Å². The molecule has 6 nitrogen and oxygen atoms in total. The Balaban J connectivity index is 2.94. The summed E-state index contributed by atoms with van der Waals surface area (Å²) in [5.74, 6) is -0.857. The van der Waals surface area contributed by atoms with Gasteiger partial charge >= 0.3 is 5.97 Å². The molecule has 2 heterocycles. The first kappa shape index (κ1) is 9.91. The third-order valence-electron chi connectivity index (χ3n) is 2.03. The minimum atomic E-state index is -1.14. The van der Waals surface area contributed by atoms with Crippen LogP contribution < -0.4 is 5.56 Å². The van der Waals surface area contributed by atoms with Crippen LogP contribution in [-0.4, -0.2) is 25.0 Å². The number of hydrogen-bond acceptors (Lipinski definition) is 3. The molecule has 15 heavy (non-hydrogen) atoms. The molecule has 78 valence electrons. The number of imidazole rings is 1. The van der Waals surface area contributed by atoms with E-state index < -0.39 is 5.97 Å². The molecule has 0 aliphatic heterocycles. The van der Waals surface area contributed by atoms with Gasteiger partial charge in [-0.1, -0.05) is 0 Å². The van der Waals surface area contributed by atoms with Gasteiger partial charge in [-0.05, 0) is 15.9 Å². The second-order valence-corrected chi connectivity index (χ2v) is 3.69. The molecule has 0 radical (unpaired) electrons. The van der Waals surface area contributed by atoms with Crippen LogP contribution in [0.25, 0.3) is 5.78 Å². The highest BCUT2D eigenvalue weighted by atomic mass is 79.9.